The van der Waals surface area contributed by atoms with Gasteiger partial charge in [0.15, 0.2) is 0 Å². The number of carbonyl (C=O) groups is 1. The SMILES string of the molecule is O=C(c1cccc2ncccc12)N1CCC[C@@]2(C[C@@H](CN3CCOCC3)CO2)C1. The minimum atomic E-state index is -0.173. The van der Waals surface area contributed by atoms with Crippen LogP contribution in [0.3, 0.4) is 0 Å². The highest BCUT2D eigenvalue weighted by Crippen LogP contribution is 2.38. The maximum atomic E-state index is 13.4. The highest BCUT2D eigenvalue weighted by Gasteiger charge is 2.45. The average molecular weight is 396 g/mol. The number of fused-ring (bicyclic) bond motifs is 1. The van der Waals surface area contributed by atoms with Crippen molar-refractivity contribution in [3.63, 3.8) is 0 Å². The monoisotopic (exact) mass is 395 g/mol. The molecule has 1 spiro atoms. The van der Waals surface area contributed by atoms with Crippen LogP contribution in [0.25, 0.3) is 10.9 Å². The van der Waals surface area contributed by atoms with E-state index in [1.165, 1.54) is 0 Å². The van der Waals surface area contributed by atoms with Crippen molar-refractivity contribution in [2.24, 2.45) is 5.92 Å². The maximum absolute atomic E-state index is 13.4. The summed E-state index contributed by atoms with van der Waals surface area (Å²) in [6.45, 7) is 7.08. The van der Waals surface area contributed by atoms with Crippen molar-refractivity contribution in [1.29, 1.82) is 0 Å². The maximum Gasteiger partial charge on any atom is 0.254 e. The Bertz CT molecular complexity index is 877. The zero-order valence-electron chi connectivity index (χ0n) is 16.9. The number of amides is 1. The summed E-state index contributed by atoms with van der Waals surface area (Å²) >= 11 is 0. The predicted octanol–water partition coefficient (Wildman–Crippen LogP) is 2.58. The Kier molecular flexibility index (Phi) is 5.24. The summed E-state index contributed by atoms with van der Waals surface area (Å²) in [4.78, 5) is 22.3. The first-order chi connectivity index (χ1) is 14.2. The Hall–Kier alpha value is -2.02. The fraction of sp³-hybridized carbons (Fsp3) is 0.565. The van der Waals surface area contributed by atoms with Crippen LogP contribution >= 0.6 is 0 Å². The minimum Gasteiger partial charge on any atom is -0.379 e. The van der Waals surface area contributed by atoms with Crippen LogP contribution in [-0.4, -0.2) is 78.8 Å². The van der Waals surface area contributed by atoms with Crippen molar-refractivity contribution in [3.05, 3.63) is 42.1 Å². The topological polar surface area (TPSA) is 54.9 Å². The standard InChI is InChI=1S/C23H29N3O3/c27-22(20-4-1-6-21-19(20)5-2-8-24-21)26-9-3-7-23(17-26)14-18(16-29-23)15-25-10-12-28-13-11-25/h1-2,4-6,8,18H,3,7,9-17H2/t18-,23+/m0/s1. The van der Waals surface area contributed by atoms with Gasteiger partial charge in [-0.05, 0) is 43.4 Å². The molecule has 1 aromatic heterocycles. The van der Waals surface area contributed by atoms with Gasteiger partial charge >= 0.3 is 0 Å². The van der Waals surface area contributed by atoms with Crippen LogP contribution in [-0.2, 0) is 9.47 Å². The highest BCUT2D eigenvalue weighted by molar-refractivity contribution is 6.06. The molecule has 5 rings (SSSR count). The molecule has 3 aliphatic rings. The predicted molar refractivity (Wildman–Crippen MR) is 111 cm³/mol. The van der Waals surface area contributed by atoms with E-state index in [1.54, 1.807) is 6.20 Å². The molecule has 0 unspecified atom stereocenters. The number of rotatable bonds is 3. The molecule has 0 aliphatic carbocycles. The van der Waals surface area contributed by atoms with Crippen LogP contribution in [0.4, 0.5) is 0 Å². The molecule has 0 radical (unpaired) electrons. The minimum absolute atomic E-state index is 0.0999. The lowest BCUT2D eigenvalue weighted by molar-refractivity contribution is -0.0451. The number of aromatic nitrogens is 1. The fourth-order valence-corrected chi connectivity index (χ4v) is 5.22. The van der Waals surface area contributed by atoms with Crippen LogP contribution in [0.15, 0.2) is 36.5 Å². The summed E-state index contributed by atoms with van der Waals surface area (Å²) in [5.41, 5.74) is 1.44. The molecule has 4 heterocycles. The van der Waals surface area contributed by atoms with Gasteiger partial charge in [-0.3, -0.25) is 14.7 Å². The molecule has 154 valence electrons. The molecular formula is C23H29N3O3. The number of piperidine rings is 1. The van der Waals surface area contributed by atoms with Crippen LogP contribution < -0.4 is 0 Å². The smallest absolute Gasteiger partial charge is 0.254 e. The van der Waals surface area contributed by atoms with Gasteiger partial charge in [0.2, 0.25) is 0 Å². The Morgan fingerprint density at radius 1 is 1.17 bits per heavy atom. The molecule has 2 aromatic rings. The van der Waals surface area contributed by atoms with Crippen molar-refractivity contribution in [1.82, 2.24) is 14.8 Å². The number of pyridine rings is 1. The second kappa shape index (κ2) is 8.01. The number of carbonyl (C=O) groups excluding carboxylic acids is 1. The first-order valence-electron chi connectivity index (χ1n) is 10.8. The Morgan fingerprint density at radius 2 is 2.07 bits per heavy atom. The van der Waals surface area contributed by atoms with E-state index < -0.39 is 0 Å². The summed E-state index contributed by atoms with van der Waals surface area (Å²) in [5.74, 6) is 0.646. The molecule has 2 atom stereocenters. The van der Waals surface area contributed by atoms with E-state index in [4.69, 9.17) is 9.47 Å². The van der Waals surface area contributed by atoms with Crippen molar-refractivity contribution >= 4 is 16.8 Å². The molecule has 0 N–H and O–H groups in total. The van der Waals surface area contributed by atoms with Crippen molar-refractivity contribution in [3.8, 4) is 0 Å². The lowest BCUT2D eigenvalue weighted by atomic mass is 9.86. The zero-order valence-corrected chi connectivity index (χ0v) is 16.9. The fourth-order valence-electron chi connectivity index (χ4n) is 5.22. The van der Waals surface area contributed by atoms with Gasteiger partial charge in [-0.1, -0.05) is 12.1 Å². The van der Waals surface area contributed by atoms with Crippen LogP contribution in [0.2, 0.25) is 0 Å². The van der Waals surface area contributed by atoms with Gasteiger partial charge in [0.1, 0.15) is 0 Å². The molecule has 29 heavy (non-hydrogen) atoms. The molecular weight excluding hydrogens is 366 g/mol. The van der Waals surface area contributed by atoms with Crippen LogP contribution in [0, 0.1) is 5.92 Å². The number of morpholine rings is 1. The van der Waals surface area contributed by atoms with E-state index in [0.717, 1.165) is 81.7 Å². The zero-order chi connectivity index (χ0) is 19.7. The number of hydrogen-bond acceptors (Lipinski definition) is 5. The summed E-state index contributed by atoms with van der Waals surface area (Å²) in [5, 5.41) is 0.928. The van der Waals surface area contributed by atoms with Crippen molar-refractivity contribution in [2.75, 3.05) is 52.5 Å². The van der Waals surface area contributed by atoms with Gasteiger partial charge < -0.3 is 14.4 Å². The molecule has 1 amide bonds. The van der Waals surface area contributed by atoms with E-state index in [9.17, 15) is 4.79 Å². The number of likely N-dealkylation sites (tertiary alicyclic amines) is 1. The molecule has 6 heteroatoms. The van der Waals surface area contributed by atoms with Gasteiger partial charge in [-0.25, -0.2) is 0 Å². The Morgan fingerprint density at radius 3 is 2.97 bits per heavy atom. The lowest BCUT2D eigenvalue weighted by Gasteiger charge is -2.40. The average Bonchev–Trinajstić information content (AvgIpc) is 3.15. The third-order valence-corrected chi connectivity index (χ3v) is 6.61. The third kappa shape index (κ3) is 3.89. The number of nitrogens with zero attached hydrogens (tertiary/aromatic N) is 3. The van der Waals surface area contributed by atoms with E-state index in [-0.39, 0.29) is 11.5 Å². The van der Waals surface area contributed by atoms with Crippen molar-refractivity contribution < 1.29 is 14.3 Å². The second-order valence-electron chi connectivity index (χ2n) is 8.68. The Balaban J connectivity index is 1.28. The van der Waals surface area contributed by atoms with Gasteiger partial charge in [0.05, 0.1) is 30.9 Å². The molecule has 1 aromatic carbocycles. The molecule has 0 bridgehead atoms. The first kappa shape index (κ1) is 19.0. The second-order valence-corrected chi connectivity index (χ2v) is 8.68. The van der Waals surface area contributed by atoms with Gasteiger partial charge in [-0.15, -0.1) is 0 Å². The number of benzene rings is 1. The Labute approximate surface area is 171 Å². The van der Waals surface area contributed by atoms with Gasteiger partial charge in [-0.2, -0.15) is 0 Å². The normalized spacial score (nSPS) is 28.3. The molecule has 3 saturated heterocycles. The number of hydrogen-bond donors (Lipinski definition) is 0. The van der Waals surface area contributed by atoms with Crippen molar-refractivity contribution in [2.45, 2.75) is 24.9 Å². The summed E-state index contributed by atoms with van der Waals surface area (Å²) < 4.78 is 11.8. The first-order valence-corrected chi connectivity index (χ1v) is 10.8. The highest BCUT2D eigenvalue weighted by atomic mass is 16.5. The van der Waals surface area contributed by atoms with E-state index >= 15 is 0 Å². The van der Waals surface area contributed by atoms with Gasteiger partial charge in [0.25, 0.3) is 5.91 Å². The molecule has 6 nitrogen and oxygen atoms in total. The molecule has 3 fully saturated rings. The summed E-state index contributed by atoms with van der Waals surface area (Å²) in [6.07, 6.45) is 4.87. The largest absolute Gasteiger partial charge is 0.379 e. The number of ether oxygens (including phenoxy) is 2. The summed E-state index contributed by atoms with van der Waals surface area (Å²) in [7, 11) is 0. The van der Waals surface area contributed by atoms with E-state index in [1.807, 2.05) is 35.2 Å². The van der Waals surface area contributed by atoms with Crippen LogP contribution in [0.1, 0.15) is 29.6 Å². The van der Waals surface area contributed by atoms with E-state index in [2.05, 4.69) is 9.88 Å². The third-order valence-electron chi connectivity index (χ3n) is 6.61. The van der Waals surface area contributed by atoms with Gasteiger partial charge in [0, 0.05) is 49.9 Å². The quantitative estimate of drug-likeness (QED) is 0.800. The van der Waals surface area contributed by atoms with Crippen LogP contribution in [0.5, 0.6) is 0 Å². The lowest BCUT2D eigenvalue weighted by Crippen LogP contribution is -2.50. The molecule has 0 saturated carbocycles. The van der Waals surface area contributed by atoms with E-state index in [0.29, 0.717) is 12.5 Å². The molecule has 3 aliphatic heterocycles. The summed E-state index contributed by atoms with van der Waals surface area (Å²) in [6, 6.07) is 9.68.